The van der Waals surface area contributed by atoms with E-state index in [0.29, 0.717) is 23.1 Å². The SMILES string of the molecule is O=C(CSc1nnc(-c2ccccc2F)n1-c1ccccc1)NCc1nnc2n1CCC2. The van der Waals surface area contributed by atoms with Crippen LogP contribution in [0.5, 0.6) is 0 Å². The monoisotopic (exact) mass is 449 g/mol. The molecular formula is C22H20FN7OS. The lowest BCUT2D eigenvalue weighted by Gasteiger charge is -2.11. The van der Waals surface area contributed by atoms with E-state index in [1.54, 1.807) is 22.8 Å². The molecule has 0 bridgehead atoms. The third-order valence-electron chi connectivity index (χ3n) is 5.22. The van der Waals surface area contributed by atoms with Crippen molar-refractivity contribution in [1.82, 2.24) is 34.8 Å². The number of carbonyl (C=O) groups is 1. The second kappa shape index (κ2) is 8.91. The molecule has 1 aliphatic heterocycles. The Hall–Kier alpha value is -3.53. The third kappa shape index (κ3) is 4.01. The molecule has 10 heteroatoms. The molecule has 0 saturated carbocycles. The molecule has 0 unspecified atom stereocenters. The molecule has 5 rings (SSSR count). The average molecular weight is 450 g/mol. The van der Waals surface area contributed by atoms with Crippen molar-refractivity contribution in [2.45, 2.75) is 31.1 Å². The molecule has 0 fully saturated rings. The predicted molar refractivity (Wildman–Crippen MR) is 118 cm³/mol. The third-order valence-corrected chi connectivity index (χ3v) is 6.15. The van der Waals surface area contributed by atoms with Crippen LogP contribution in [0.1, 0.15) is 18.1 Å². The van der Waals surface area contributed by atoms with E-state index in [-0.39, 0.29) is 17.5 Å². The molecule has 2 aromatic carbocycles. The molecule has 0 atom stereocenters. The number of nitrogens with zero attached hydrogens (tertiary/aromatic N) is 6. The minimum atomic E-state index is -0.382. The van der Waals surface area contributed by atoms with Gasteiger partial charge in [0, 0.05) is 18.7 Å². The van der Waals surface area contributed by atoms with Crippen LogP contribution in [0, 0.1) is 5.82 Å². The minimum Gasteiger partial charge on any atom is -0.348 e. The summed E-state index contributed by atoms with van der Waals surface area (Å²) in [6, 6.07) is 15.9. The quantitative estimate of drug-likeness (QED) is 0.436. The Morgan fingerprint density at radius 2 is 1.84 bits per heavy atom. The number of nitrogens with one attached hydrogen (secondary N) is 1. The standard InChI is InChI=1S/C22H20FN7OS/c23-17-10-5-4-9-16(17)21-27-28-22(30(21)15-7-2-1-3-8-15)32-14-20(31)24-13-19-26-25-18-11-6-12-29(18)19/h1-5,7-10H,6,11-14H2,(H,24,31). The highest BCUT2D eigenvalue weighted by Gasteiger charge is 2.20. The molecule has 2 aromatic heterocycles. The van der Waals surface area contributed by atoms with E-state index in [0.717, 1.165) is 36.7 Å². The van der Waals surface area contributed by atoms with Crippen LogP contribution in [0.15, 0.2) is 59.8 Å². The average Bonchev–Trinajstić information content (AvgIpc) is 3.53. The minimum absolute atomic E-state index is 0.142. The fraction of sp³-hybridized carbons (Fsp3) is 0.227. The maximum atomic E-state index is 14.5. The highest BCUT2D eigenvalue weighted by molar-refractivity contribution is 7.99. The molecule has 32 heavy (non-hydrogen) atoms. The molecule has 0 aliphatic carbocycles. The number of aryl methyl sites for hydroxylation is 1. The van der Waals surface area contributed by atoms with Gasteiger partial charge in [-0.1, -0.05) is 42.1 Å². The Morgan fingerprint density at radius 3 is 2.69 bits per heavy atom. The van der Waals surface area contributed by atoms with Gasteiger partial charge in [-0.3, -0.25) is 9.36 Å². The van der Waals surface area contributed by atoms with Crippen molar-refractivity contribution in [2.24, 2.45) is 0 Å². The Bertz CT molecular complexity index is 1250. The van der Waals surface area contributed by atoms with Gasteiger partial charge in [0.25, 0.3) is 0 Å². The molecule has 4 aromatic rings. The van der Waals surface area contributed by atoms with Crippen molar-refractivity contribution in [2.75, 3.05) is 5.75 Å². The molecule has 162 valence electrons. The highest BCUT2D eigenvalue weighted by atomic mass is 32.2. The summed E-state index contributed by atoms with van der Waals surface area (Å²) in [6.07, 6.45) is 1.98. The van der Waals surface area contributed by atoms with Crippen molar-refractivity contribution in [3.05, 3.63) is 72.1 Å². The van der Waals surface area contributed by atoms with E-state index in [9.17, 15) is 9.18 Å². The molecule has 1 amide bonds. The normalized spacial score (nSPS) is 12.7. The van der Waals surface area contributed by atoms with Crippen LogP contribution in [0.25, 0.3) is 17.1 Å². The molecule has 8 nitrogen and oxygen atoms in total. The van der Waals surface area contributed by atoms with Crippen LogP contribution in [0.3, 0.4) is 0 Å². The summed E-state index contributed by atoms with van der Waals surface area (Å²) in [6.45, 7) is 1.22. The Morgan fingerprint density at radius 1 is 1.03 bits per heavy atom. The second-order valence-electron chi connectivity index (χ2n) is 7.31. The zero-order chi connectivity index (χ0) is 21.9. The number of benzene rings is 2. The number of halogens is 1. The fourth-order valence-corrected chi connectivity index (χ4v) is 4.47. The first kappa shape index (κ1) is 20.4. The topological polar surface area (TPSA) is 90.5 Å². The first-order chi connectivity index (χ1) is 15.7. The summed E-state index contributed by atoms with van der Waals surface area (Å²) in [4.78, 5) is 12.5. The van der Waals surface area contributed by atoms with E-state index in [1.165, 1.54) is 17.8 Å². The van der Waals surface area contributed by atoms with Crippen molar-refractivity contribution >= 4 is 17.7 Å². The summed E-state index contributed by atoms with van der Waals surface area (Å²) in [5.41, 5.74) is 1.14. The number of para-hydroxylation sites is 1. The molecule has 3 heterocycles. The molecule has 0 spiro atoms. The number of fused-ring (bicyclic) bond motifs is 1. The van der Waals surface area contributed by atoms with Gasteiger partial charge in [0.15, 0.2) is 16.8 Å². The zero-order valence-corrected chi connectivity index (χ0v) is 17.9. The van der Waals surface area contributed by atoms with Gasteiger partial charge in [-0.25, -0.2) is 4.39 Å². The zero-order valence-electron chi connectivity index (χ0n) is 17.1. The summed E-state index contributed by atoms with van der Waals surface area (Å²) >= 11 is 1.25. The lowest BCUT2D eigenvalue weighted by atomic mass is 10.2. The van der Waals surface area contributed by atoms with Crippen molar-refractivity contribution in [3.8, 4) is 17.1 Å². The summed E-state index contributed by atoms with van der Waals surface area (Å²) in [5, 5.41) is 20.2. The summed E-state index contributed by atoms with van der Waals surface area (Å²) in [7, 11) is 0. The Balaban J connectivity index is 1.33. The van der Waals surface area contributed by atoms with E-state index < -0.39 is 0 Å². The van der Waals surface area contributed by atoms with Gasteiger partial charge in [-0.15, -0.1) is 20.4 Å². The van der Waals surface area contributed by atoms with Gasteiger partial charge in [-0.05, 0) is 30.7 Å². The van der Waals surface area contributed by atoms with E-state index >= 15 is 0 Å². The van der Waals surface area contributed by atoms with Crippen LogP contribution in [-0.4, -0.2) is 41.2 Å². The van der Waals surface area contributed by atoms with Gasteiger partial charge in [-0.2, -0.15) is 0 Å². The van der Waals surface area contributed by atoms with Crippen molar-refractivity contribution in [1.29, 1.82) is 0 Å². The molecule has 0 saturated heterocycles. The Labute approximate surface area is 187 Å². The van der Waals surface area contributed by atoms with Crippen LogP contribution >= 0.6 is 11.8 Å². The van der Waals surface area contributed by atoms with Crippen molar-refractivity contribution in [3.63, 3.8) is 0 Å². The maximum Gasteiger partial charge on any atom is 0.230 e. The second-order valence-corrected chi connectivity index (χ2v) is 8.25. The first-order valence-corrected chi connectivity index (χ1v) is 11.3. The number of hydrogen-bond donors (Lipinski definition) is 1. The number of rotatable bonds is 7. The predicted octanol–water partition coefficient (Wildman–Crippen LogP) is 3.02. The van der Waals surface area contributed by atoms with E-state index in [4.69, 9.17) is 0 Å². The lowest BCUT2D eigenvalue weighted by molar-refractivity contribution is -0.118. The van der Waals surface area contributed by atoms with Crippen LogP contribution in [0.2, 0.25) is 0 Å². The fourth-order valence-electron chi connectivity index (χ4n) is 3.69. The maximum absolute atomic E-state index is 14.5. The van der Waals surface area contributed by atoms with Gasteiger partial charge in [0.05, 0.1) is 17.9 Å². The summed E-state index contributed by atoms with van der Waals surface area (Å²) < 4.78 is 18.3. The molecule has 1 N–H and O–H groups in total. The van der Waals surface area contributed by atoms with Gasteiger partial charge in [0.2, 0.25) is 5.91 Å². The number of hydrogen-bond acceptors (Lipinski definition) is 6. The number of amides is 1. The smallest absolute Gasteiger partial charge is 0.230 e. The number of carbonyl (C=O) groups excluding carboxylic acids is 1. The van der Waals surface area contributed by atoms with Crippen LogP contribution in [-0.2, 0) is 24.3 Å². The van der Waals surface area contributed by atoms with Crippen molar-refractivity contribution < 1.29 is 9.18 Å². The van der Waals surface area contributed by atoms with Gasteiger partial charge >= 0.3 is 0 Å². The Kier molecular flexibility index (Phi) is 5.68. The van der Waals surface area contributed by atoms with Crippen LogP contribution < -0.4 is 5.32 Å². The largest absolute Gasteiger partial charge is 0.348 e. The van der Waals surface area contributed by atoms with E-state index in [1.807, 2.05) is 30.3 Å². The number of thioether (sulfide) groups is 1. The van der Waals surface area contributed by atoms with Crippen LogP contribution in [0.4, 0.5) is 4.39 Å². The molecular weight excluding hydrogens is 429 g/mol. The molecule has 0 radical (unpaired) electrons. The van der Waals surface area contributed by atoms with E-state index in [2.05, 4.69) is 30.3 Å². The lowest BCUT2D eigenvalue weighted by Crippen LogP contribution is -2.26. The van der Waals surface area contributed by atoms with Gasteiger partial charge in [0.1, 0.15) is 11.6 Å². The summed E-state index contributed by atoms with van der Waals surface area (Å²) in [5.74, 6) is 1.73. The first-order valence-electron chi connectivity index (χ1n) is 10.3. The van der Waals surface area contributed by atoms with Gasteiger partial charge < -0.3 is 9.88 Å². The number of aromatic nitrogens is 6. The highest BCUT2D eigenvalue weighted by Crippen LogP contribution is 2.29. The molecule has 1 aliphatic rings.